The van der Waals surface area contributed by atoms with Gasteiger partial charge in [0, 0.05) is 0 Å². The lowest BCUT2D eigenvalue weighted by Crippen LogP contribution is -2.15. The summed E-state index contributed by atoms with van der Waals surface area (Å²) in [5.41, 5.74) is 1.36. The van der Waals surface area contributed by atoms with Crippen LogP contribution in [-0.4, -0.2) is 12.4 Å². The number of rotatable bonds is 4. The molecule has 0 amide bonds. The molecule has 4 heteroatoms. The Bertz CT molecular complexity index is 631. The molecule has 0 saturated carbocycles. The third-order valence-corrected chi connectivity index (χ3v) is 3.16. The Balaban J connectivity index is 2.15. The molecule has 0 fully saturated rings. The number of carbonyl (C=O) groups is 1. The van der Waals surface area contributed by atoms with Crippen LogP contribution in [-0.2, 0) is 0 Å². The molecule has 2 rings (SSSR count). The predicted octanol–water partition coefficient (Wildman–Crippen LogP) is 3.84. The Morgan fingerprint density at radius 3 is 2.30 bits per heavy atom. The molecule has 0 unspecified atom stereocenters. The van der Waals surface area contributed by atoms with Gasteiger partial charge in [-0.25, -0.2) is 8.78 Å². The Labute approximate surface area is 116 Å². The maximum Gasteiger partial charge on any atom is 0.206 e. The van der Waals surface area contributed by atoms with Crippen molar-refractivity contribution >= 4 is 5.78 Å². The number of hydrogen-bond donors (Lipinski definition) is 0. The molecule has 0 N–H and O–H groups in total. The summed E-state index contributed by atoms with van der Waals surface area (Å²) in [5, 5.41) is 0. The number of ether oxygens (including phenoxy) is 1. The second kappa shape index (κ2) is 5.82. The van der Waals surface area contributed by atoms with Gasteiger partial charge in [0.05, 0.1) is 5.56 Å². The zero-order valence-corrected chi connectivity index (χ0v) is 11.2. The minimum Gasteiger partial charge on any atom is -0.485 e. The Hall–Kier alpha value is -2.23. The van der Waals surface area contributed by atoms with E-state index in [4.69, 9.17) is 4.74 Å². The lowest BCUT2D eigenvalue weighted by molar-refractivity contribution is 0.0912. The second-order valence-electron chi connectivity index (χ2n) is 4.51. The number of ketones is 1. The predicted molar refractivity (Wildman–Crippen MR) is 72.1 cm³/mol. The van der Waals surface area contributed by atoms with Crippen molar-refractivity contribution in [1.29, 1.82) is 0 Å². The summed E-state index contributed by atoms with van der Waals surface area (Å²) in [5.74, 6) is -1.93. The Morgan fingerprint density at radius 1 is 1.05 bits per heavy atom. The molecule has 2 aromatic rings. The van der Waals surface area contributed by atoms with Crippen LogP contribution in [0.3, 0.4) is 0 Å². The van der Waals surface area contributed by atoms with Crippen molar-refractivity contribution in [3.8, 4) is 5.75 Å². The molecule has 0 saturated heterocycles. The van der Waals surface area contributed by atoms with E-state index in [0.717, 1.165) is 23.3 Å². The van der Waals surface area contributed by atoms with Crippen LogP contribution in [0.15, 0.2) is 36.4 Å². The van der Waals surface area contributed by atoms with Crippen molar-refractivity contribution in [3.63, 3.8) is 0 Å². The molecule has 0 spiro atoms. The van der Waals surface area contributed by atoms with Gasteiger partial charge in [-0.3, -0.25) is 4.79 Å². The van der Waals surface area contributed by atoms with E-state index >= 15 is 0 Å². The zero-order chi connectivity index (χ0) is 14.7. The average molecular weight is 276 g/mol. The van der Waals surface area contributed by atoms with Crippen molar-refractivity contribution in [3.05, 3.63) is 64.7 Å². The fourth-order valence-electron chi connectivity index (χ4n) is 1.86. The minimum absolute atomic E-state index is 0.401. The quantitative estimate of drug-likeness (QED) is 0.793. The first-order chi connectivity index (χ1) is 9.50. The van der Waals surface area contributed by atoms with Crippen molar-refractivity contribution in [2.24, 2.45) is 0 Å². The first-order valence-corrected chi connectivity index (χ1v) is 6.17. The maximum atomic E-state index is 13.5. The van der Waals surface area contributed by atoms with Crippen LogP contribution in [0.4, 0.5) is 8.78 Å². The summed E-state index contributed by atoms with van der Waals surface area (Å²) in [6.07, 6.45) is 0. The first kappa shape index (κ1) is 14.2. The van der Waals surface area contributed by atoms with Gasteiger partial charge in [-0.15, -0.1) is 0 Å². The van der Waals surface area contributed by atoms with E-state index in [1.54, 1.807) is 12.1 Å². The monoisotopic (exact) mass is 276 g/mol. The second-order valence-corrected chi connectivity index (χ2v) is 4.51. The van der Waals surface area contributed by atoms with Gasteiger partial charge in [-0.05, 0) is 43.2 Å². The molecule has 0 aliphatic rings. The van der Waals surface area contributed by atoms with Gasteiger partial charge in [-0.2, -0.15) is 0 Å². The van der Waals surface area contributed by atoms with Gasteiger partial charge >= 0.3 is 0 Å². The Morgan fingerprint density at radius 2 is 1.65 bits per heavy atom. The number of halogens is 2. The fraction of sp³-hybridized carbons (Fsp3) is 0.188. The van der Waals surface area contributed by atoms with Gasteiger partial charge in [-0.1, -0.05) is 18.2 Å². The normalized spacial score (nSPS) is 10.4. The third kappa shape index (κ3) is 2.85. The molecule has 0 aliphatic carbocycles. The summed E-state index contributed by atoms with van der Waals surface area (Å²) in [7, 11) is 0. The first-order valence-electron chi connectivity index (χ1n) is 6.17. The molecular formula is C16H14F2O2. The van der Waals surface area contributed by atoms with Gasteiger partial charge < -0.3 is 4.74 Å². The van der Waals surface area contributed by atoms with Gasteiger partial charge in [0.15, 0.2) is 6.61 Å². The van der Waals surface area contributed by atoms with Crippen LogP contribution in [0.1, 0.15) is 21.5 Å². The van der Waals surface area contributed by atoms with Crippen molar-refractivity contribution in [2.75, 3.05) is 6.61 Å². The van der Waals surface area contributed by atoms with Crippen LogP contribution in [0.2, 0.25) is 0 Å². The highest BCUT2D eigenvalue weighted by Crippen LogP contribution is 2.21. The average Bonchev–Trinajstić information content (AvgIpc) is 2.40. The Kier molecular flexibility index (Phi) is 4.13. The van der Waals surface area contributed by atoms with Crippen LogP contribution in [0, 0.1) is 25.5 Å². The van der Waals surface area contributed by atoms with Crippen LogP contribution >= 0.6 is 0 Å². The maximum absolute atomic E-state index is 13.5. The van der Waals surface area contributed by atoms with Crippen LogP contribution in [0.5, 0.6) is 5.75 Å². The van der Waals surface area contributed by atoms with E-state index in [2.05, 4.69) is 0 Å². The smallest absolute Gasteiger partial charge is 0.206 e. The number of Topliss-reactive ketones (excluding diaryl/α,β-unsaturated/α-hetero) is 1. The molecule has 20 heavy (non-hydrogen) atoms. The summed E-state index contributed by atoms with van der Waals surface area (Å²) >= 11 is 0. The van der Waals surface area contributed by atoms with E-state index in [9.17, 15) is 13.6 Å². The van der Waals surface area contributed by atoms with E-state index in [-0.39, 0.29) is 0 Å². The molecule has 0 aromatic heterocycles. The highest BCUT2D eigenvalue weighted by molar-refractivity contribution is 5.97. The molecule has 104 valence electrons. The summed E-state index contributed by atoms with van der Waals surface area (Å²) in [6, 6.07) is 8.75. The molecule has 2 nitrogen and oxygen atoms in total. The molecule has 0 radical (unpaired) electrons. The SMILES string of the molecule is Cc1cccc(OCC(=O)c2c(F)cccc2F)c1C. The lowest BCUT2D eigenvalue weighted by atomic mass is 10.1. The minimum atomic E-state index is -0.875. The molecule has 0 aliphatic heterocycles. The molecule has 0 bridgehead atoms. The van der Waals surface area contributed by atoms with E-state index in [1.165, 1.54) is 6.07 Å². The summed E-state index contributed by atoms with van der Waals surface area (Å²) < 4.78 is 32.3. The number of aryl methyl sites for hydroxylation is 1. The molecule has 0 atom stereocenters. The summed E-state index contributed by atoms with van der Waals surface area (Å²) in [6.45, 7) is 3.38. The van der Waals surface area contributed by atoms with Crippen LogP contribution in [0.25, 0.3) is 0 Å². The van der Waals surface area contributed by atoms with Gasteiger partial charge in [0.25, 0.3) is 0 Å². The fourth-order valence-corrected chi connectivity index (χ4v) is 1.86. The van der Waals surface area contributed by atoms with Gasteiger partial charge in [0.1, 0.15) is 17.4 Å². The lowest BCUT2D eigenvalue weighted by Gasteiger charge is -2.10. The van der Waals surface area contributed by atoms with E-state index in [1.807, 2.05) is 19.9 Å². The van der Waals surface area contributed by atoms with Crippen molar-refractivity contribution in [2.45, 2.75) is 13.8 Å². The highest BCUT2D eigenvalue weighted by Gasteiger charge is 2.17. The van der Waals surface area contributed by atoms with Gasteiger partial charge in [0.2, 0.25) is 5.78 Å². The standard InChI is InChI=1S/C16H14F2O2/c1-10-5-3-8-15(11(10)2)20-9-14(19)16-12(17)6-4-7-13(16)18/h3-8H,9H2,1-2H3. The third-order valence-electron chi connectivity index (χ3n) is 3.16. The highest BCUT2D eigenvalue weighted by atomic mass is 19.1. The van der Waals surface area contributed by atoms with E-state index in [0.29, 0.717) is 5.75 Å². The molecule has 0 heterocycles. The van der Waals surface area contributed by atoms with Crippen molar-refractivity contribution in [1.82, 2.24) is 0 Å². The number of hydrogen-bond acceptors (Lipinski definition) is 2. The topological polar surface area (TPSA) is 26.3 Å². The van der Waals surface area contributed by atoms with Crippen LogP contribution < -0.4 is 4.74 Å². The van der Waals surface area contributed by atoms with E-state index < -0.39 is 29.6 Å². The summed E-state index contributed by atoms with van der Waals surface area (Å²) in [4.78, 5) is 11.9. The molecular weight excluding hydrogens is 262 g/mol. The molecule has 2 aromatic carbocycles. The number of benzene rings is 2. The zero-order valence-electron chi connectivity index (χ0n) is 11.2. The number of carbonyl (C=O) groups excluding carboxylic acids is 1. The van der Waals surface area contributed by atoms with Crippen molar-refractivity contribution < 1.29 is 18.3 Å². The largest absolute Gasteiger partial charge is 0.485 e.